The van der Waals surface area contributed by atoms with Crippen LogP contribution < -0.4 is 0 Å². The highest BCUT2D eigenvalue weighted by Crippen LogP contribution is 2.46. The summed E-state index contributed by atoms with van der Waals surface area (Å²) in [5.41, 5.74) is 0.0164. The lowest BCUT2D eigenvalue weighted by molar-refractivity contribution is -0.176. The number of β-lactam (4-membered cyclic amide) rings is 1. The number of amides is 1. The van der Waals surface area contributed by atoms with E-state index in [9.17, 15) is 4.79 Å². The van der Waals surface area contributed by atoms with Crippen LogP contribution in [0, 0.1) is 5.41 Å². The van der Waals surface area contributed by atoms with Gasteiger partial charge in [0, 0.05) is 12.6 Å². The van der Waals surface area contributed by atoms with Gasteiger partial charge in [-0.1, -0.05) is 0 Å². The lowest BCUT2D eigenvalue weighted by atomic mass is 9.65. The van der Waals surface area contributed by atoms with E-state index in [0.717, 1.165) is 32.5 Å². The molecule has 80 valence electrons. The molecule has 2 fully saturated rings. The molecule has 0 N–H and O–H groups in total. The molecule has 2 aliphatic heterocycles. The van der Waals surface area contributed by atoms with Crippen molar-refractivity contribution in [2.75, 3.05) is 26.7 Å². The summed E-state index contributed by atoms with van der Waals surface area (Å²) < 4.78 is 0. The normalized spacial score (nSPS) is 32.1. The molecule has 2 rings (SSSR count). The van der Waals surface area contributed by atoms with E-state index in [1.54, 1.807) is 0 Å². The maximum absolute atomic E-state index is 12.0. The first-order chi connectivity index (χ1) is 6.62. The zero-order valence-corrected chi connectivity index (χ0v) is 9.42. The second-order valence-electron chi connectivity index (χ2n) is 4.73. The van der Waals surface area contributed by atoms with Gasteiger partial charge in [-0.25, -0.2) is 0 Å². The van der Waals surface area contributed by atoms with Gasteiger partial charge in [0.2, 0.25) is 5.91 Å². The number of hydrogen-bond acceptors (Lipinski definition) is 2. The Hall–Kier alpha value is -0.570. The number of hydrogen-bond donors (Lipinski definition) is 0. The first kappa shape index (κ1) is 9.97. The summed E-state index contributed by atoms with van der Waals surface area (Å²) in [5.74, 6) is 0.403. The Kier molecular flexibility index (Phi) is 2.30. The number of nitrogens with zero attached hydrogens (tertiary/aromatic N) is 2. The third-order valence-corrected chi connectivity index (χ3v) is 4.17. The van der Waals surface area contributed by atoms with E-state index in [0.29, 0.717) is 11.9 Å². The minimum atomic E-state index is 0.0164. The van der Waals surface area contributed by atoms with E-state index in [1.807, 2.05) is 4.90 Å². The maximum Gasteiger partial charge on any atom is 0.231 e. The average molecular weight is 196 g/mol. The number of likely N-dealkylation sites (tertiary alicyclic amines) is 2. The van der Waals surface area contributed by atoms with E-state index in [-0.39, 0.29) is 5.41 Å². The van der Waals surface area contributed by atoms with Crippen LogP contribution in [-0.4, -0.2) is 48.4 Å². The third-order valence-electron chi connectivity index (χ3n) is 4.17. The van der Waals surface area contributed by atoms with Crippen molar-refractivity contribution < 1.29 is 4.79 Å². The highest BCUT2D eigenvalue weighted by atomic mass is 16.2. The summed E-state index contributed by atoms with van der Waals surface area (Å²) in [4.78, 5) is 16.3. The molecule has 0 aliphatic carbocycles. The van der Waals surface area contributed by atoms with Gasteiger partial charge in [-0.3, -0.25) is 4.79 Å². The minimum Gasteiger partial charge on any atom is -0.339 e. The Labute approximate surface area is 86.1 Å². The minimum absolute atomic E-state index is 0.0164. The Bertz CT molecular complexity index is 244. The van der Waals surface area contributed by atoms with Gasteiger partial charge >= 0.3 is 0 Å². The number of piperidine rings is 1. The highest BCUT2D eigenvalue weighted by Gasteiger charge is 2.57. The Morgan fingerprint density at radius 3 is 2.43 bits per heavy atom. The molecule has 2 aliphatic rings. The van der Waals surface area contributed by atoms with Crippen LogP contribution in [0.25, 0.3) is 0 Å². The lowest BCUT2D eigenvalue weighted by Crippen LogP contribution is -2.69. The molecule has 0 radical (unpaired) electrons. The molecule has 2 saturated heterocycles. The molecule has 0 saturated carbocycles. The van der Waals surface area contributed by atoms with Crippen molar-refractivity contribution in [1.29, 1.82) is 0 Å². The van der Waals surface area contributed by atoms with Gasteiger partial charge < -0.3 is 9.80 Å². The molecule has 3 heteroatoms. The van der Waals surface area contributed by atoms with E-state index >= 15 is 0 Å². The summed E-state index contributed by atoms with van der Waals surface area (Å²) >= 11 is 0. The quantitative estimate of drug-likeness (QED) is 0.583. The lowest BCUT2D eigenvalue weighted by Gasteiger charge is -2.57. The second-order valence-corrected chi connectivity index (χ2v) is 4.73. The van der Waals surface area contributed by atoms with Crippen LogP contribution in [0.4, 0.5) is 0 Å². The molecule has 14 heavy (non-hydrogen) atoms. The molecule has 1 spiro atoms. The number of rotatable bonds is 1. The van der Waals surface area contributed by atoms with Crippen molar-refractivity contribution in [3.8, 4) is 0 Å². The van der Waals surface area contributed by atoms with Gasteiger partial charge in [0.25, 0.3) is 0 Å². The molecule has 1 unspecified atom stereocenters. The fourth-order valence-corrected chi connectivity index (χ4v) is 2.94. The molecule has 1 atom stereocenters. The molecule has 3 nitrogen and oxygen atoms in total. The van der Waals surface area contributed by atoms with Crippen LogP contribution in [-0.2, 0) is 4.79 Å². The molecule has 1 amide bonds. The molecule has 0 aromatic heterocycles. The van der Waals surface area contributed by atoms with E-state index in [2.05, 4.69) is 25.8 Å². The zero-order chi connectivity index (χ0) is 10.3. The van der Waals surface area contributed by atoms with Crippen molar-refractivity contribution in [2.45, 2.75) is 32.7 Å². The number of carbonyl (C=O) groups excluding carboxylic acids is 1. The van der Waals surface area contributed by atoms with Crippen molar-refractivity contribution in [2.24, 2.45) is 5.41 Å². The predicted octanol–water partition coefficient (Wildman–Crippen LogP) is 0.949. The van der Waals surface area contributed by atoms with Crippen LogP contribution in [0.5, 0.6) is 0 Å². The van der Waals surface area contributed by atoms with E-state index < -0.39 is 0 Å². The van der Waals surface area contributed by atoms with Gasteiger partial charge in [0.05, 0.1) is 5.41 Å². The summed E-state index contributed by atoms with van der Waals surface area (Å²) in [6.07, 6.45) is 2.11. The van der Waals surface area contributed by atoms with Crippen molar-refractivity contribution >= 4 is 5.91 Å². The highest BCUT2D eigenvalue weighted by molar-refractivity contribution is 5.90. The second kappa shape index (κ2) is 3.23. The summed E-state index contributed by atoms with van der Waals surface area (Å²) in [6, 6.07) is 0.466. The van der Waals surface area contributed by atoms with Gasteiger partial charge in [-0.05, 0) is 46.8 Å². The molecular formula is C11H20N2O. The monoisotopic (exact) mass is 196 g/mol. The topological polar surface area (TPSA) is 23.6 Å². The van der Waals surface area contributed by atoms with E-state index in [1.165, 1.54) is 0 Å². The Morgan fingerprint density at radius 1 is 1.43 bits per heavy atom. The Balaban J connectivity index is 2.08. The molecule has 2 heterocycles. The van der Waals surface area contributed by atoms with E-state index in [4.69, 9.17) is 0 Å². The van der Waals surface area contributed by atoms with Crippen LogP contribution >= 0.6 is 0 Å². The van der Waals surface area contributed by atoms with Crippen molar-refractivity contribution in [3.05, 3.63) is 0 Å². The first-order valence-electron chi connectivity index (χ1n) is 5.61. The van der Waals surface area contributed by atoms with Gasteiger partial charge in [-0.2, -0.15) is 0 Å². The van der Waals surface area contributed by atoms with Crippen LogP contribution in [0.3, 0.4) is 0 Å². The summed E-state index contributed by atoms with van der Waals surface area (Å²) in [7, 11) is 2.14. The fourth-order valence-electron chi connectivity index (χ4n) is 2.94. The largest absolute Gasteiger partial charge is 0.339 e. The van der Waals surface area contributed by atoms with Crippen LogP contribution in [0.15, 0.2) is 0 Å². The van der Waals surface area contributed by atoms with Crippen LogP contribution in [0.1, 0.15) is 26.7 Å². The molecular weight excluding hydrogens is 176 g/mol. The molecule has 0 bridgehead atoms. The molecule has 0 aromatic carbocycles. The third kappa shape index (κ3) is 1.11. The van der Waals surface area contributed by atoms with Crippen molar-refractivity contribution in [3.63, 3.8) is 0 Å². The standard InChI is InChI=1S/C11H20N2O/c1-4-13-9(2)11(10(13)14)5-7-12(3)8-6-11/h9H,4-8H2,1-3H3. The smallest absolute Gasteiger partial charge is 0.231 e. The maximum atomic E-state index is 12.0. The average Bonchev–Trinajstić information content (AvgIpc) is 2.20. The number of carbonyl (C=O) groups is 1. The van der Waals surface area contributed by atoms with Crippen molar-refractivity contribution in [1.82, 2.24) is 9.80 Å². The fraction of sp³-hybridized carbons (Fsp3) is 0.909. The van der Waals surface area contributed by atoms with Crippen LogP contribution in [0.2, 0.25) is 0 Å². The SMILES string of the molecule is CCN1C(=O)C2(CCN(C)CC2)C1C. The van der Waals surface area contributed by atoms with Gasteiger partial charge in [0.1, 0.15) is 0 Å². The first-order valence-corrected chi connectivity index (χ1v) is 5.61. The summed E-state index contributed by atoms with van der Waals surface area (Å²) in [6.45, 7) is 7.30. The molecule has 0 aromatic rings. The van der Waals surface area contributed by atoms with Gasteiger partial charge in [0.15, 0.2) is 0 Å². The summed E-state index contributed by atoms with van der Waals surface area (Å²) in [5, 5.41) is 0. The Morgan fingerprint density at radius 2 is 2.00 bits per heavy atom. The zero-order valence-electron chi connectivity index (χ0n) is 9.42. The van der Waals surface area contributed by atoms with Gasteiger partial charge in [-0.15, -0.1) is 0 Å². The predicted molar refractivity (Wildman–Crippen MR) is 56.0 cm³/mol.